The number of carbonyl (C=O) groups is 2. The lowest BCUT2D eigenvalue weighted by Gasteiger charge is -2.06. The van der Waals surface area contributed by atoms with Gasteiger partial charge in [0.25, 0.3) is 11.8 Å². The maximum Gasteiger partial charge on any atom is 0.291 e. The van der Waals surface area contributed by atoms with Crippen molar-refractivity contribution in [3.8, 4) is 5.75 Å². The van der Waals surface area contributed by atoms with Crippen LogP contribution in [0.15, 0.2) is 52.9 Å². The molecule has 1 heterocycles. The summed E-state index contributed by atoms with van der Waals surface area (Å²) < 4.78 is 10.8. The van der Waals surface area contributed by atoms with Crippen molar-refractivity contribution in [3.05, 3.63) is 59.9 Å². The van der Waals surface area contributed by atoms with Gasteiger partial charge in [0, 0.05) is 16.6 Å². The maximum absolute atomic E-state index is 12.4. The second-order valence-corrected chi connectivity index (χ2v) is 5.29. The van der Waals surface area contributed by atoms with E-state index in [1.165, 1.54) is 0 Å². The first-order valence-corrected chi connectivity index (χ1v) is 7.35. The molecule has 0 fully saturated rings. The Labute approximate surface area is 138 Å². The van der Waals surface area contributed by atoms with E-state index in [-0.39, 0.29) is 18.3 Å². The van der Waals surface area contributed by atoms with Gasteiger partial charge in [0.1, 0.15) is 11.3 Å². The van der Waals surface area contributed by atoms with Crippen LogP contribution in [0.25, 0.3) is 11.0 Å². The highest BCUT2D eigenvalue weighted by atomic mass is 16.5. The average Bonchev–Trinajstić information content (AvgIpc) is 2.92. The van der Waals surface area contributed by atoms with Gasteiger partial charge in [-0.2, -0.15) is 0 Å². The number of furan rings is 1. The molecule has 6 heteroatoms. The Bertz CT molecular complexity index is 897. The molecular weight excluding hydrogens is 308 g/mol. The Kier molecular flexibility index (Phi) is 4.20. The molecule has 24 heavy (non-hydrogen) atoms. The summed E-state index contributed by atoms with van der Waals surface area (Å²) in [6.07, 6.45) is 0. The number of para-hydroxylation sites is 1. The summed E-state index contributed by atoms with van der Waals surface area (Å²) in [5.74, 6) is -0.0979. The zero-order valence-corrected chi connectivity index (χ0v) is 13.0. The van der Waals surface area contributed by atoms with Crippen molar-refractivity contribution in [3.63, 3.8) is 0 Å². The number of aryl methyl sites for hydroxylation is 1. The van der Waals surface area contributed by atoms with Crippen LogP contribution in [0.4, 0.5) is 5.69 Å². The van der Waals surface area contributed by atoms with Gasteiger partial charge >= 0.3 is 0 Å². The first kappa shape index (κ1) is 15.6. The number of carbonyl (C=O) groups excluding carboxylic acids is 2. The van der Waals surface area contributed by atoms with Crippen molar-refractivity contribution >= 4 is 28.5 Å². The van der Waals surface area contributed by atoms with Crippen molar-refractivity contribution in [1.29, 1.82) is 0 Å². The standard InChI is InChI=1S/C18H16N2O4/c1-11-14-4-2-3-5-15(14)24-17(11)18(22)20-12-6-8-13(9-7-12)23-10-16(19)21/h2-9H,10H2,1H3,(H2,19,21)(H,20,22). The molecular formula is C18H16N2O4. The molecule has 2 aromatic carbocycles. The Balaban J connectivity index is 1.74. The highest BCUT2D eigenvalue weighted by molar-refractivity contribution is 6.06. The minimum absolute atomic E-state index is 0.191. The van der Waals surface area contributed by atoms with Crippen molar-refractivity contribution in [1.82, 2.24) is 0 Å². The summed E-state index contributed by atoms with van der Waals surface area (Å²) in [5, 5.41) is 3.69. The predicted octanol–water partition coefficient (Wildman–Crippen LogP) is 2.86. The largest absolute Gasteiger partial charge is 0.484 e. The topological polar surface area (TPSA) is 94.6 Å². The van der Waals surface area contributed by atoms with E-state index in [9.17, 15) is 9.59 Å². The molecule has 0 aliphatic carbocycles. The normalized spacial score (nSPS) is 10.5. The Morgan fingerprint density at radius 3 is 2.50 bits per heavy atom. The van der Waals surface area contributed by atoms with Gasteiger partial charge in [-0.1, -0.05) is 18.2 Å². The lowest BCUT2D eigenvalue weighted by Crippen LogP contribution is -2.20. The van der Waals surface area contributed by atoms with Crippen LogP contribution >= 0.6 is 0 Å². The maximum atomic E-state index is 12.4. The third-order valence-corrected chi connectivity index (χ3v) is 3.54. The van der Waals surface area contributed by atoms with Crippen molar-refractivity contribution in [2.24, 2.45) is 5.73 Å². The summed E-state index contributed by atoms with van der Waals surface area (Å²) in [6.45, 7) is 1.66. The molecule has 0 saturated heterocycles. The molecule has 122 valence electrons. The highest BCUT2D eigenvalue weighted by Crippen LogP contribution is 2.26. The third kappa shape index (κ3) is 3.22. The summed E-state index contributed by atoms with van der Waals surface area (Å²) in [6, 6.07) is 14.1. The van der Waals surface area contributed by atoms with E-state index in [4.69, 9.17) is 14.9 Å². The first-order valence-electron chi connectivity index (χ1n) is 7.35. The second kappa shape index (κ2) is 6.45. The predicted molar refractivity (Wildman–Crippen MR) is 90.0 cm³/mol. The molecule has 6 nitrogen and oxygen atoms in total. The third-order valence-electron chi connectivity index (χ3n) is 3.54. The van der Waals surface area contributed by atoms with Gasteiger partial charge in [0.05, 0.1) is 0 Å². The number of hydrogen-bond donors (Lipinski definition) is 2. The summed E-state index contributed by atoms with van der Waals surface area (Å²) >= 11 is 0. The number of fused-ring (bicyclic) bond motifs is 1. The molecule has 3 N–H and O–H groups in total. The van der Waals surface area contributed by atoms with E-state index >= 15 is 0 Å². The summed E-state index contributed by atoms with van der Waals surface area (Å²) in [7, 11) is 0. The number of primary amides is 1. The van der Waals surface area contributed by atoms with Crippen LogP contribution in [0.2, 0.25) is 0 Å². The number of nitrogens with two attached hydrogens (primary N) is 1. The number of anilines is 1. The van der Waals surface area contributed by atoms with E-state index < -0.39 is 5.91 Å². The quantitative estimate of drug-likeness (QED) is 0.754. The minimum Gasteiger partial charge on any atom is -0.484 e. The van der Waals surface area contributed by atoms with Gasteiger partial charge in [-0.25, -0.2) is 0 Å². The smallest absolute Gasteiger partial charge is 0.291 e. The molecule has 0 aliphatic heterocycles. The van der Waals surface area contributed by atoms with Gasteiger partial charge in [-0.15, -0.1) is 0 Å². The Morgan fingerprint density at radius 2 is 1.83 bits per heavy atom. The molecule has 3 aromatic rings. The van der Waals surface area contributed by atoms with Crippen LogP contribution in [0, 0.1) is 6.92 Å². The molecule has 0 bridgehead atoms. The van der Waals surface area contributed by atoms with Crippen molar-refractivity contribution in [2.45, 2.75) is 6.92 Å². The zero-order valence-electron chi connectivity index (χ0n) is 13.0. The molecule has 0 saturated carbocycles. The van der Waals surface area contributed by atoms with Crippen LogP contribution in [0.3, 0.4) is 0 Å². The highest BCUT2D eigenvalue weighted by Gasteiger charge is 2.17. The lowest BCUT2D eigenvalue weighted by atomic mass is 10.1. The number of benzene rings is 2. The second-order valence-electron chi connectivity index (χ2n) is 5.29. The van der Waals surface area contributed by atoms with Gasteiger partial charge in [-0.3, -0.25) is 9.59 Å². The number of nitrogens with one attached hydrogen (secondary N) is 1. The number of hydrogen-bond acceptors (Lipinski definition) is 4. The Morgan fingerprint density at radius 1 is 1.12 bits per heavy atom. The van der Waals surface area contributed by atoms with Crippen molar-refractivity contribution in [2.75, 3.05) is 11.9 Å². The number of rotatable bonds is 5. The van der Waals surface area contributed by atoms with Gasteiger partial charge in [0.15, 0.2) is 12.4 Å². The van der Waals surface area contributed by atoms with E-state index in [2.05, 4.69) is 5.32 Å². The van der Waals surface area contributed by atoms with Gasteiger partial charge < -0.3 is 20.2 Å². The van der Waals surface area contributed by atoms with Crippen LogP contribution in [0.1, 0.15) is 16.1 Å². The van der Waals surface area contributed by atoms with Crippen molar-refractivity contribution < 1.29 is 18.7 Å². The van der Waals surface area contributed by atoms with Gasteiger partial charge in [0.2, 0.25) is 0 Å². The lowest BCUT2D eigenvalue weighted by molar-refractivity contribution is -0.119. The summed E-state index contributed by atoms with van der Waals surface area (Å²) in [5.41, 5.74) is 7.08. The molecule has 3 rings (SSSR count). The van der Waals surface area contributed by atoms with Crippen LogP contribution in [-0.2, 0) is 4.79 Å². The van der Waals surface area contributed by atoms with E-state index in [1.807, 2.05) is 31.2 Å². The molecule has 0 spiro atoms. The fourth-order valence-corrected chi connectivity index (χ4v) is 2.37. The molecule has 1 aromatic heterocycles. The average molecular weight is 324 g/mol. The first-order chi connectivity index (χ1) is 11.5. The zero-order chi connectivity index (χ0) is 17.1. The monoisotopic (exact) mass is 324 g/mol. The minimum atomic E-state index is -0.548. The molecule has 2 amide bonds. The van der Waals surface area contributed by atoms with E-state index in [0.29, 0.717) is 17.0 Å². The SMILES string of the molecule is Cc1c(C(=O)Nc2ccc(OCC(N)=O)cc2)oc2ccccc12. The van der Waals surface area contributed by atoms with E-state index in [1.54, 1.807) is 24.3 Å². The number of ether oxygens (including phenoxy) is 1. The van der Waals surface area contributed by atoms with Gasteiger partial charge in [-0.05, 0) is 37.3 Å². The van der Waals surface area contributed by atoms with E-state index in [0.717, 1.165) is 10.9 Å². The fourth-order valence-electron chi connectivity index (χ4n) is 2.37. The van der Waals surface area contributed by atoms with Crippen LogP contribution < -0.4 is 15.8 Å². The molecule has 0 radical (unpaired) electrons. The summed E-state index contributed by atoms with van der Waals surface area (Å²) in [4.78, 5) is 23.1. The molecule has 0 aliphatic rings. The Hall–Kier alpha value is -3.28. The fraction of sp³-hybridized carbons (Fsp3) is 0.111. The van der Waals surface area contributed by atoms with Crippen LogP contribution in [0.5, 0.6) is 5.75 Å². The molecule has 0 atom stereocenters. The number of amides is 2. The van der Waals surface area contributed by atoms with Crippen LogP contribution in [-0.4, -0.2) is 18.4 Å². The molecule has 0 unspecified atom stereocenters.